The molecule has 0 aliphatic rings. The quantitative estimate of drug-likeness (QED) is 0.699. The third-order valence-electron chi connectivity index (χ3n) is 3.30. The van der Waals surface area contributed by atoms with E-state index in [1.54, 1.807) is 6.33 Å². The van der Waals surface area contributed by atoms with Gasteiger partial charge in [-0.15, -0.1) is 0 Å². The van der Waals surface area contributed by atoms with Gasteiger partial charge in [-0.2, -0.15) is 0 Å². The van der Waals surface area contributed by atoms with E-state index in [0.29, 0.717) is 0 Å². The molecule has 0 spiro atoms. The molecule has 0 amide bonds. The zero-order chi connectivity index (χ0) is 11.9. The lowest BCUT2D eigenvalue weighted by Crippen LogP contribution is -1.86. The van der Waals surface area contributed by atoms with Crippen LogP contribution in [0.15, 0.2) is 24.5 Å². The minimum Gasteiger partial charge on any atom is -0.345 e. The number of hydrogen-bond acceptors (Lipinski definition) is 1. The fourth-order valence-corrected chi connectivity index (χ4v) is 2.25. The molecular weight excluding hydrogens is 208 g/mol. The molecule has 1 heterocycles. The molecule has 0 aliphatic heterocycles. The van der Waals surface area contributed by atoms with Gasteiger partial charge in [0.25, 0.3) is 0 Å². The van der Waals surface area contributed by atoms with Crippen LogP contribution in [0.25, 0.3) is 11.0 Å². The molecule has 1 N–H and O–H groups in total. The summed E-state index contributed by atoms with van der Waals surface area (Å²) in [5.74, 6) is 0. The number of imidazole rings is 1. The van der Waals surface area contributed by atoms with Gasteiger partial charge in [0.15, 0.2) is 0 Å². The largest absolute Gasteiger partial charge is 0.345 e. The van der Waals surface area contributed by atoms with Crippen LogP contribution in [-0.2, 0) is 6.42 Å². The smallest absolute Gasteiger partial charge is 0.0931 e. The van der Waals surface area contributed by atoms with E-state index in [1.807, 2.05) is 0 Å². The molecule has 92 valence electrons. The Kier molecular flexibility index (Phi) is 4.60. The predicted octanol–water partition coefficient (Wildman–Crippen LogP) is 4.47. The summed E-state index contributed by atoms with van der Waals surface area (Å²) in [5, 5.41) is 0. The fourth-order valence-electron chi connectivity index (χ4n) is 2.25. The first-order chi connectivity index (χ1) is 8.40. The first-order valence-corrected chi connectivity index (χ1v) is 6.82. The maximum atomic E-state index is 4.23. The molecule has 0 aliphatic carbocycles. The number of aromatic nitrogens is 2. The molecule has 2 aromatic rings. The normalized spacial score (nSPS) is 11.1. The molecule has 1 aromatic carbocycles. The van der Waals surface area contributed by atoms with Gasteiger partial charge in [0.1, 0.15) is 0 Å². The number of unbranched alkanes of at least 4 members (excludes halogenated alkanes) is 5. The molecular formula is C15H22N2. The minimum atomic E-state index is 1.07. The van der Waals surface area contributed by atoms with E-state index >= 15 is 0 Å². The molecule has 0 saturated carbocycles. The predicted molar refractivity (Wildman–Crippen MR) is 73.2 cm³/mol. The van der Waals surface area contributed by atoms with Gasteiger partial charge in [0.2, 0.25) is 0 Å². The second-order valence-corrected chi connectivity index (χ2v) is 4.77. The lowest BCUT2D eigenvalue weighted by molar-refractivity contribution is 0.607. The van der Waals surface area contributed by atoms with Gasteiger partial charge < -0.3 is 4.98 Å². The van der Waals surface area contributed by atoms with Gasteiger partial charge in [-0.3, -0.25) is 0 Å². The van der Waals surface area contributed by atoms with Crippen LogP contribution in [0.1, 0.15) is 51.0 Å². The van der Waals surface area contributed by atoms with Crippen molar-refractivity contribution in [3.05, 3.63) is 30.1 Å². The topological polar surface area (TPSA) is 28.7 Å². The van der Waals surface area contributed by atoms with Crippen molar-refractivity contribution >= 4 is 11.0 Å². The summed E-state index contributed by atoms with van der Waals surface area (Å²) in [6.45, 7) is 2.26. The van der Waals surface area contributed by atoms with Crippen molar-refractivity contribution in [3.8, 4) is 0 Å². The molecule has 0 saturated heterocycles. The number of fused-ring (bicyclic) bond motifs is 1. The first-order valence-electron chi connectivity index (χ1n) is 6.82. The molecule has 2 nitrogen and oxygen atoms in total. The highest BCUT2D eigenvalue weighted by Crippen LogP contribution is 2.14. The summed E-state index contributed by atoms with van der Waals surface area (Å²) in [7, 11) is 0. The van der Waals surface area contributed by atoms with Crippen molar-refractivity contribution in [1.29, 1.82) is 0 Å². The Morgan fingerprint density at radius 3 is 2.76 bits per heavy atom. The van der Waals surface area contributed by atoms with Crippen LogP contribution < -0.4 is 0 Å². The van der Waals surface area contributed by atoms with Crippen molar-refractivity contribution in [2.75, 3.05) is 0 Å². The number of nitrogens with zero attached hydrogens (tertiary/aromatic N) is 1. The van der Waals surface area contributed by atoms with E-state index in [-0.39, 0.29) is 0 Å². The van der Waals surface area contributed by atoms with Crippen LogP contribution >= 0.6 is 0 Å². The van der Waals surface area contributed by atoms with Crippen molar-refractivity contribution in [1.82, 2.24) is 9.97 Å². The fraction of sp³-hybridized carbons (Fsp3) is 0.533. The minimum absolute atomic E-state index is 1.07. The average molecular weight is 230 g/mol. The molecule has 2 heteroatoms. The zero-order valence-corrected chi connectivity index (χ0v) is 10.7. The Hall–Kier alpha value is -1.31. The molecule has 0 atom stereocenters. The Morgan fingerprint density at radius 1 is 1.06 bits per heavy atom. The maximum absolute atomic E-state index is 4.23. The van der Waals surface area contributed by atoms with Gasteiger partial charge in [-0.25, -0.2) is 4.98 Å². The number of aryl methyl sites for hydroxylation is 1. The zero-order valence-electron chi connectivity index (χ0n) is 10.7. The second kappa shape index (κ2) is 6.43. The summed E-state index contributed by atoms with van der Waals surface area (Å²) >= 11 is 0. The number of nitrogens with one attached hydrogen (secondary N) is 1. The first kappa shape index (κ1) is 12.2. The van der Waals surface area contributed by atoms with E-state index in [2.05, 4.69) is 35.1 Å². The number of rotatable bonds is 7. The molecule has 2 rings (SSSR count). The SMILES string of the molecule is CCCCCCCCc1ccc2nc[nH]c2c1. The Bertz CT molecular complexity index is 445. The lowest BCUT2D eigenvalue weighted by atomic mass is 10.0. The van der Waals surface area contributed by atoms with Crippen molar-refractivity contribution in [3.63, 3.8) is 0 Å². The molecule has 0 fully saturated rings. The summed E-state index contributed by atoms with van der Waals surface area (Å²) < 4.78 is 0. The molecule has 0 unspecified atom stereocenters. The van der Waals surface area contributed by atoms with Crippen LogP contribution in [0.4, 0.5) is 0 Å². The Labute approximate surface area is 103 Å². The van der Waals surface area contributed by atoms with Crippen LogP contribution in [0, 0.1) is 0 Å². The summed E-state index contributed by atoms with van der Waals surface area (Å²) in [6, 6.07) is 6.54. The van der Waals surface area contributed by atoms with E-state index in [1.165, 1.54) is 50.5 Å². The van der Waals surface area contributed by atoms with Gasteiger partial charge in [0.05, 0.1) is 17.4 Å². The lowest BCUT2D eigenvalue weighted by Gasteiger charge is -2.02. The van der Waals surface area contributed by atoms with E-state index in [4.69, 9.17) is 0 Å². The number of benzene rings is 1. The van der Waals surface area contributed by atoms with Gasteiger partial charge in [0, 0.05) is 0 Å². The third-order valence-corrected chi connectivity index (χ3v) is 3.30. The van der Waals surface area contributed by atoms with Crippen LogP contribution in [0.2, 0.25) is 0 Å². The van der Waals surface area contributed by atoms with Crippen molar-refractivity contribution < 1.29 is 0 Å². The van der Waals surface area contributed by atoms with Crippen LogP contribution in [0.5, 0.6) is 0 Å². The highest BCUT2D eigenvalue weighted by Gasteiger charge is 1.98. The van der Waals surface area contributed by atoms with Gasteiger partial charge in [-0.1, -0.05) is 45.1 Å². The van der Waals surface area contributed by atoms with Crippen LogP contribution in [0.3, 0.4) is 0 Å². The van der Waals surface area contributed by atoms with Crippen LogP contribution in [-0.4, -0.2) is 9.97 Å². The average Bonchev–Trinajstić information content (AvgIpc) is 2.81. The van der Waals surface area contributed by atoms with E-state index in [9.17, 15) is 0 Å². The summed E-state index contributed by atoms with van der Waals surface area (Å²) in [5.41, 5.74) is 3.66. The highest BCUT2D eigenvalue weighted by molar-refractivity contribution is 5.74. The van der Waals surface area contributed by atoms with Gasteiger partial charge in [-0.05, 0) is 30.5 Å². The monoisotopic (exact) mass is 230 g/mol. The Morgan fingerprint density at radius 2 is 1.88 bits per heavy atom. The van der Waals surface area contributed by atoms with E-state index < -0.39 is 0 Å². The summed E-state index contributed by atoms with van der Waals surface area (Å²) in [6.07, 6.45) is 11.1. The maximum Gasteiger partial charge on any atom is 0.0931 e. The number of H-pyrrole nitrogens is 1. The standard InChI is InChI=1S/C15H22N2/c1-2-3-4-5-6-7-8-13-9-10-14-15(11-13)17-12-16-14/h9-12H,2-8H2,1H3,(H,16,17). The molecule has 17 heavy (non-hydrogen) atoms. The Balaban J connectivity index is 1.75. The van der Waals surface area contributed by atoms with Crippen molar-refractivity contribution in [2.24, 2.45) is 0 Å². The number of aromatic amines is 1. The van der Waals surface area contributed by atoms with E-state index in [0.717, 1.165) is 11.0 Å². The highest BCUT2D eigenvalue weighted by atomic mass is 14.9. The third kappa shape index (κ3) is 3.58. The second-order valence-electron chi connectivity index (χ2n) is 4.77. The summed E-state index contributed by atoms with van der Waals surface area (Å²) in [4.78, 5) is 7.40. The molecule has 1 aromatic heterocycles. The van der Waals surface area contributed by atoms with Crippen molar-refractivity contribution in [2.45, 2.75) is 51.9 Å². The molecule has 0 bridgehead atoms. The molecule has 0 radical (unpaired) electrons. The number of hydrogen-bond donors (Lipinski definition) is 1. The van der Waals surface area contributed by atoms with Gasteiger partial charge >= 0.3 is 0 Å².